The third-order valence-electron chi connectivity index (χ3n) is 6.26. The predicted molar refractivity (Wildman–Crippen MR) is 117 cm³/mol. The van der Waals surface area contributed by atoms with Crippen LogP contribution in [0.15, 0.2) is 36.9 Å². The van der Waals surface area contributed by atoms with Gasteiger partial charge in [-0.15, -0.1) is 5.10 Å². The van der Waals surface area contributed by atoms with Gasteiger partial charge in [0.15, 0.2) is 5.69 Å². The maximum absolute atomic E-state index is 12.9. The molecule has 2 saturated heterocycles. The van der Waals surface area contributed by atoms with Crippen LogP contribution in [0.2, 0.25) is 0 Å². The van der Waals surface area contributed by atoms with Gasteiger partial charge in [0.05, 0.1) is 31.7 Å². The summed E-state index contributed by atoms with van der Waals surface area (Å²) in [6.45, 7) is 12.8. The van der Waals surface area contributed by atoms with Gasteiger partial charge in [-0.3, -0.25) is 9.69 Å². The number of carbonyl (C=O) groups is 1. The Hall–Kier alpha value is -3.75. The summed E-state index contributed by atoms with van der Waals surface area (Å²) in [7, 11) is 0. The molecule has 5 rings (SSSR count). The Kier molecular flexibility index (Phi) is 5.77. The van der Waals surface area contributed by atoms with E-state index in [2.05, 4.69) is 35.2 Å². The van der Waals surface area contributed by atoms with Crippen molar-refractivity contribution in [1.82, 2.24) is 40.0 Å². The molecule has 11 heteroatoms. The Balaban J connectivity index is 1.18. The van der Waals surface area contributed by atoms with Crippen molar-refractivity contribution in [1.29, 1.82) is 0 Å². The zero-order chi connectivity index (χ0) is 22.8. The van der Waals surface area contributed by atoms with Gasteiger partial charge in [0.25, 0.3) is 5.95 Å². The van der Waals surface area contributed by atoms with E-state index in [4.69, 9.17) is 11.3 Å². The quantitative estimate of drug-likeness (QED) is 0.551. The first kappa shape index (κ1) is 21.1. The SMILES string of the molecule is [C-]#[N+]c1cccc([C@H]2CN3CCN(C(=O)Cc4cnc(-n5cnnn5)nc4)C[C@H]3CO2)c1C. The highest BCUT2D eigenvalue weighted by molar-refractivity contribution is 5.78. The van der Waals surface area contributed by atoms with Crippen molar-refractivity contribution in [3.63, 3.8) is 0 Å². The number of amides is 1. The summed E-state index contributed by atoms with van der Waals surface area (Å²) in [5.41, 5.74) is 3.47. The first-order chi connectivity index (χ1) is 16.1. The normalized spacial score (nSPS) is 20.8. The number of benzene rings is 1. The second-order valence-corrected chi connectivity index (χ2v) is 8.24. The van der Waals surface area contributed by atoms with Crippen LogP contribution in [-0.4, -0.2) is 84.7 Å². The van der Waals surface area contributed by atoms with Crippen molar-refractivity contribution in [3.8, 4) is 5.95 Å². The number of nitrogens with zero attached hydrogens (tertiary/aromatic N) is 9. The summed E-state index contributed by atoms with van der Waals surface area (Å²) in [5.74, 6) is 0.409. The van der Waals surface area contributed by atoms with Gasteiger partial charge < -0.3 is 9.64 Å². The fourth-order valence-electron chi connectivity index (χ4n) is 4.41. The number of fused-ring (bicyclic) bond motifs is 1. The Morgan fingerprint density at radius 2 is 2.09 bits per heavy atom. The molecule has 2 aliphatic rings. The molecular weight excluding hydrogens is 422 g/mol. The monoisotopic (exact) mass is 445 g/mol. The molecule has 0 saturated carbocycles. The van der Waals surface area contributed by atoms with Gasteiger partial charge in [0.1, 0.15) is 6.33 Å². The van der Waals surface area contributed by atoms with Crippen molar-refractivity contribution >= 4 is 11.6 Å². The third kappa shape index (κ3) is 4.30. The molecule has 11 nitrogen and oxygen atoms in total. The number of tetrazole rings is 1. The van der Waals surface area contributed by atoms with Crippen LogP contribution in [0.3, 0.4) is 0 Å². The highest BCUT2D eigenvalue weighted by Crippen LogP contribution is 2.32. The molecule has 2 atom stereocenters. The Labute approximate surface area is 190 Å². The van der Waals surface area contributed by atoms with Gasteiger partial charge in [0, 0.05) is 38.6 Å². The molecule has 33 heavy (non-hydrogen) atoms. The first-order valence-corrected chi connectivity index (χ1v) is 10.8. The van der Waals surface area contributed by atoms with E-state index >= 15 is 0 Å². The number of aromatic nitrogens is 6. The number of morpholine rings is 1. The van der Waals surface area contributed by atoms with Crippen molar-refractivity contribution < 1.29 is 9.53 Å². The number of rotatable bonds is 4. The van der Waals surface area contributed by atoms with Crippen LogP contribution in [0.25, 0.3) is 10.8 Å². The van der Waals surface area contributed by atoms with E-state index in [1.165, 1.54) is 11.0 Å². The molecule has 2 aliphatic heterocycles. The number of piperazine rings is 1. The van der Waals surface area contributed by atoms with E-state index in [-0.39, 0.29) is 24.5 Å². The van der Waals surface area contributed by atoms with E-state index in [1.54, 1.807) is 12.4 Å². The van der Waals surface area contributed by atoms with Crippen molar-refractivity contribution in [2.75, 3.05) is 32.8 Å². The molecule has 0 radical (unpaired) electrons. The lowest BCUT2D eigenvalue weighted by molar-refractivity contribution is -0.139. The lowest BCUT2D eigenvalue weighted by Crippen LogP contribution is -2.59. The zero-order valence-electron chi connectivity index (χ0n) is 18.2. The summed E-state index contributed by atoms with van der Waals surface area (Å²) in [4.78, 5) is 29.3. The Morgan fingerprint density at radius 3 is 2.85 bits per heavy atom. The lowest BCUT2D eigenvalue weighted by atomic mass is 9.98. The molecule has 0 aliphatic carbocycles. The average molecular weight is 445 g/mol. The van der Waals surface area contributed by atoms with E-state index in [0.717, 1.165) is 29.8 Å². The van der Waals surface area contributed by atoms with E-state index in [9.17, 15) is 4.79 Å². The number of hydrogen-bond acceptors (Lipinski definition) is 8. The minimum absolute atomic E-state index is 0.0520. The molecule has 4 heterocycles. The van der Waals surface area contributed by atoms with Crippen LogP contribution in [-0.2, 0) is 16.0 Å². The van der Waals surface area contributed by atoms with Gasteiger partial charge in [-0.05, 0) is 34.0 Å². The van der Waals surface area contributed by atoms with Crippen LogP contribution in [0.4, 0.5) is 5.69 Å². The number of hydrogen-bond donors (Lipinski definition) is 0. The van der Waals surface area contributed by atoms with Crippen molar-refractivity contribution in [2.45, 2.75) is 25.5 Å². The molecule has 168 valence electrons. The van der Waals surface area contributed by atoms with Crippen molar-refractivity contribution in [2.24, 2.45) is 0 Å². The minimum atomic E-state index is -0.0546. The summed E-state index contributed by atoms with van der Waals surface area (Å²) in [6, 6.07) is 5.97. The third-order valence-corrected chi connectivity index (χ3v) is 6.26. The lowest BCUT2D eigenvalue weighted by Gasteiger charge is -2.46. The second-order valence-electron chi connectivity index (χ2n) is 8.24. The first-order valence-electron chi connectivity index (χ1n) is 10.8. The molecule has 0 unspecified atom stereocenters. The van der Waals surface area contributed by atoms with Crippen LogP contribution in [0, 0.1) is 13.5 Å². The van der Waals surface area contributed by atoms with Gasteiger partial charge in [-0.25, -0.2) is 14.8 Å². The molecule has 1 aromatic carbocycles. The summed E-state index contributed by atoms with van der Waals surface area (Å²) in [6.07, 6.45) is 4.87. The highest BCUT2D eigenvalue weighted by Gasteiger charge is 2.36. The van der Waals surface area contributed by atoms with E-state index in [1.807, 2.05) is 30.0 Å². The second kappa shape index (κ2) is 9.01. The highest BCUT2D eigenvalue weighted by atomic mass is 16.5. The predicted octanol–water partition coefficient (Wildman–Crippen LogP) is 1.14. The molecule has 3 aromatic rings. The molecule has 2 fully saturated rings. The summed E-state index contributed by atoms with van der Waals surface area (Å²) in [5, 5.41) is 10.9. The smallest absolute Gasteiger partial charge is 0.253 e. The summed E-state index contributed by atoms with van der Waals surface area (Å²) >= 11 is 0. The van der Waals surface area contributed by atoms with Crippen LogP contribution < -0.4 is 0 Å². The maximum Gasteiger partial charge on any atom is 0.253 e. The fourth-order valence-corrected chi connectivity index (χ4v) is 4.41. The molecule has 1 amide bonds. The summed E-state index contributed by atoms with van der Waals surface area (Å²) < 4.78 is 7.55. The van der Waals surface area contributed by atoms with Gasteiger partial charge in [-0.1, -0.05) is 18.2 Å². The molecule has 0 spiro atoms. The van der Waals surface area contributed by atoms with Gasteiger partial charge in [-0.2, -0.15) is 4.68 Å². The molecule has 2 aromatic heterocycles. The zero-order valence-corrected chi connectivity index (χ0v) is 18.2. The van der Waals surface area contributed by atoms with Gasteiger partial charge >= 0.3 is 0 Å². The average Bonchev–Trinajstić information content (AvgIpc) is 3.39. The minimum Gasteiger partial charge on any atom is -0.371 e. The Bertz CT molecular complexity index is 1170. The van der Waals surface area contributed by atoms with Crippen LogP contribution >= 0.6 is 0 Å². The molecule has 0 bridgehead atoms. The van der Waals surface area contributed by atoms with Crippen molar-refractivity contribution in [3.05, 3.63) is 65.0 Å². The molecular formula is C22H23N9O2. The van der Waals surface area contributed by atoms with E-state index < -0.39 is 0 Å². The topological polar surface area (TPSA) is 107 Å². The van der Waals surface area contributed by atoms with E-state index in [0.29, 0.717) is 31.3 Å². The number of ether oxygens (including phenoxy) is 1. The fraction of sp³-hybridized carbons (Fsp3) is 0.409. The maximum atomic E-state index is 12.9. The molecule has 0 N–H and O–H groups in total. The Morgan fingerprint density at radius 1 is 1.24 bits per heavy atom. The largest absolute Gasteiger partial charge is 0.371 e. The van der Waals surface area contributed by atoms with Crippen LogP contribution in [0.5, 0.6) is 0 Å². The number of carbonyl (C=O) groups excluding carboxylic acids is 1. The standard InChI is InChI=1S/C22H23N9O2/c1-15-18(4-3-5-19(15)23-2)20-12-29-6-7-30(11-17(29)13-33-20)21(32)8-16-9-24-22(25-10-16)31-14-26-27-28-31/h3-5,9-10,14,17,20H,6-8,11-13H2,1H3/t17-,20+/m0/s1. The van der Waals surface area contributed by atoms with Gasteiger partial charge in [0.2, 0.25) is 5.91 Å². The van der Waals surface area contributed by atoms with Crippen LogP contribution in [0.1, 0.15) is 22.8 Å².